The molecule has 0 saturated carbocycles. The molecule has 4 heteroatoms. The van der Waals surface area contributed by atoms with Gasteiger partial charge in [-0.1, -0.05) is 36.4 Å². The maximum Gasteiger partial charge on any atom is 0.258 e. The highest BCUT2D eigenvalue weighted by Gasteiger charge is 2.34. The van der Waals surface area contributed by atoms with Crippen molar-refractivity contribution in [3.05, 3.63) is 90.0 Å². The molecule has 1 heterocycles. The van der Waals surface area contributed by atoms with Crippen molar-refractivity contribution in [3.8, 4) is 5.75 Å². The van der Waals surface area contributed by atoms with E-state index in [2.05, 4.69) is 30.4 Å². The van der Waals surface area contributed by atoms with Crippen LogP contribution in [0.25, 0.3) is 0 Å². The van der Waals surface area contributed by atoms with Gasteiger partial charge in [0.1, 0.15) is 5.75 Å². The number of nitrogens with zero attached hydrogens (tertiary/aromatic N) is 1. The number of methoxy groups -OCH3 is 1. The number of carbonyl (C=O) groups is 1. The zero-order valence-corrected chi connectivity index (χ0v) is 16.1. The third kappa shape index (κ3) is 3.46. The largest absolute Gasteiger partial charge is 0.497 e. The third-order valence-corrected chi connectivity index (χ3v) is 5.26. The molecule has 4 nitrogen and oxygen atoms in total. The van der Waals surface area contributed by atoms with Crippen LogP contribution in [0.3, 0.4) is 0 Å². The molecule has 3 aromatic rings. The van der Waals surface area contributed by atoms with E-state index in [1.165, 1.54) is 0 Å². The summed E-state index contributed by atoms with van der Waals surface area (Å²) >= 11 is 0. The van der Waals surface area contributed by atoms with E-state index in [-0.39, 0.29) is 18.0 Å². The number of ether oxygens (including phenoxy) is 1. The molecular weight excluding hydrogens is 348 g/mol. The number of carbonyl (C=O) groups excluding carboxylic acids is 1. The number of hydrogen-bond acceptors (Lipinski definition) is 3. The van der Waals surface area contributed by atoms with Crippen molar-refractivity contribution in [1.29, 1.82) is 0 Å². The fraction of sp³-hybridized carbons (Fsp3) is 0.208. The van der Waals surface area contributed by atoms with Gasteiger partial charge in [0.15, 0.2) is 0 Å². The lowest BCUT2D eigenvalue weighted by Gasteiger charge is -2.40. The molecule has 1 N–H and O–H groups in total. The van der Waals surface area contributed by atoms with Crippen LogP contribution in [-0.2, 0) is 0 Å². The highest BCUT2D eigenvalue weighted by molar-refractivity contribution is 6.07. The molecule has 0 aliphatic carbocycles. The van der Waals surface area contributed by atoms with Crippen LogP contribution in [0, 0.1) is 0 Å². The first-order valence-corrected chi connectivity index (χ1v) is 9.55. The maximum absolute atomic E-state index is 13.3. The normalized spacial score (nSPS) is 18.3. The molecule has 1 aliphatic heterocycles. The molecule has 0 saturated heterocycles. The van der Waals surface area contributed by atoms with Gasteiger partial charge in [-0.05, 0) is 61.4 Å². The van der Waals surface area contributed by atoms with E-state index >= 15 is 0 Å². The monoisotopic (exact) mass is 372 g/mol. The minimum atomic E-state index is 0.0146. The highest BCUT2D eigenvalue weighted by Crippen LogP contribution is 2.39. The Kier molecular flexibility index (Phi) is 5.02. The van der Waals surface area contributed by atoms with Gasteiger partial charge < -0.3 is 15.0 Å². The lowest BCUT2D eigenvalue weighted by molar-refractivity contribution is 0.0974. The van der Waals surface area contributed by atoms with Crippen LogP contribution in [0.15, 0.2) is 78.9 Å². The molecule has 28 heavy (non-hydrogen) atoms. The summed E-state index contributed by atoms with van der Waals surface area (Å²) in [6.07, 6.45) is 0.841. The number of para-hydroxylation sites is 2. The molecule has 1 aliphatic rings. The number of anilines is 2. The maximum atomic E-state index is 13.3. The standard InChI is InChI=1S/C24H24N2O2/c1-17-16-22(25-19-8-4-3-5-9-19)21-10-6-7-11-23(21)26(17)24(27)18-12-14-20(28-2)15-13-18/h3-15,17,22,25H,16H2,1-2H3/t17-,22+/m0/s1. The summed E-state index contributed by atoms with van der Waals surface area (Å²) in [5.74, 6) is 0.761. The van der Waals surface area contributed by atoms with Gasteiger partial charge >= 0.3 is 0 Å². The summed E-state index contributed by atoms with van der Waals surface area (Å²) < 4.78 is 5.21. The van der Waals surface area contributed by atoms with Gasteiger partial charge in [-0.2, -0.15) is 0 Å². The smallest absolute Gasteiger partial charge is 0.258 e. The van der Waals surface area contributed by atoms with E-state index in [1.807, 2.05) is 65.6 Å². The fourth-order valence-electron chi connectivity index (χ4n) is 3.87. The summed E-state index contributed by atoms with van der Waals surface area (Å²) in [5, 5.41) is 3.63. The topological polar surface area (TPSA) is 41.6 Å². The lowest BCUT2D eigenvalue weighted by Crippen LogP contribution is -2.44. The molecule has 0 radical (unpaired) electrons. The zero-order chi connectivity index (χ0) is 19.5. The van der Waals surface area contributed by atoms with E-state index in [0.717, 1.165) is 29.1 Å². The van der Waals surface area contributed by atoms with Crippen molar-refractivity contribution >= 4 is 17.3 Å². The van der Waals surface area contributed by atoms with E-state index < -0.39 is 0 Å². The van der Waals surface area contributed by atoms with E-state index in [4.69, 9.17) is 4.74 Å². The Morgan fingerprint density at radius 1 is 0.964 bits per heavy atom. The number of fused-ring (bicyclic) bond motifs is 1. The van der Waals surface area contributed by atoms with Crippen LogP contribution in [0.2, 0.25) is 0 Å². The number of amides is 1. The van der Waals surface area contributed by atoms with Crippen LogP contribution in [-0.4, -0.2) is 19.1 Å². The molecule has 142 valence electrons. The number of benzene rings is 3. The van der Waals surface area contributed by atoms with Gasteiger partial charge in [-0.3, -0.25) is 4.79 Å². The van der Waals surface area contributed by atoms with Crippen LogP contribution in [0.4, 0.5) is 11.4 Å². The molecule has 3 aromatic carbocycles. The van der Waals surface area contributed by atoms with E-state index in [9.17, 15) is 4.79 Å². The first-order valence-electron chi connectivity index (χ1n) is 9.55. The molecule has 4 rings (SSSR count). The fourth-order valence-corrected chi connectivity index (χ4v) is 3.87. The molecule has 0 bridgehead atoms. The van der Waals surface area contributed by atoms with Crippen LogP contribution in [0.1, 0.15) is 35.3 Å². The Hall–Kier alpha value is -3.27. The van der Waals surface area contributed by atoms with Gasteiger partial charge in [-0.15, -0.1) is 0 Å². The quantitative estimate of drug-likeness (QED) is 0.677. The molecule has 0 fully saturated rings. The predicted octanol–water partition coefficient (Wildman–Crippen LogP) is 5.29. The average Bonchev–Trinajstić information content (AvgIpc) is 2.74. The second-order valence-corrected chi connectivity index (χ2v) is 7.11. The minimum Gasteiger partial charge on any atom is -0.497 e. The Morgan fingerprint density at radius 3 is 2.36 bits per heavy atom. The van der Waals surface area contributed by atoms with Crippen LogP contribution in [0.5, 0.6) is 5.75 Å². The third-order valence-electron chi connectivity index (χ3n) is 5.26. The van der Waals surface area contributed by atoms with Gasteiger partial charge in [0.05, 0.1) is 13.2 Å². The molecule has 0 aromatic heterocycles. The summed E-state index contributed by atoms with van der Waals surface area (Å²) in [7, 11) is 1.62. The van der Waals surface area contributed by atoms with Gasteiger partial charge in [0.25, 0.3) is 5.91 Å². The number of hydrogen-bond donors (Lipinski definition) is 1. The van der Waals surface area contributed by atoms with Gasteiger partial charge in [0.2, 0.25) is 0 Å². The minimum absolute atomic E-state index is 0.0146. The number of rotatable bonds is 4. The number of nitrogens with one attached hydrogen (secondary N) is 1. The summed E-state index contributed by atoms with van der Waals surface area (Å²) in [6, 6.07) is 25.9. The summed E-state index contributed by atoms with van der Waals surface area (Å²) in [4.78, 5) is 15.2. The molecule has 2 atom stereocenters. The summed E-state index contributed by atoms with van der Waals surface area (Å²) in [6.45, 7) is 2.11. The molecule has 0 unspecified atom stereocenters. The first kappa shape index (κ1) is 18.1. The van der Waals surface area contributed by atoms with E-state index in [1.54, 1.807) is 7.11 Å². The Balaban J connectivity index is 1.66. The van der Waals surface area contributed by atoms with Crippen molar-refractivity contribution < 1.29 is 9.53 Å². The average molecular weight is 372 g/mol. The second kappa shape index (κ2) is 7.77. The van der Waals surface area contributed by atoms with Crippen molar-refractivity contribution in [2.45, 2.75) is 25.4 Å². The van der Waals surface area contributed by atoms with Gasteiger partial charge in [0, 0.05) is 23.0 Å². The SMILES string of the molecule is COc1ccc(C(=O)N2c3ccccc3[C@H](Nc3ccccc3)C[C@@H]2C)cc1. The van der Waals surface area contributed by atoms with Crippen molar-refractivity contribution in [3.63, 3.8) is 0 Å². The first-order chi connectivity index (χ1) is 13.7. The van der Waals surface area contributed by atoms with Crippen molar-refractivity contribution in [2.75, 3.05) is 17.3 Å². The molecular formula is C24H24N2O2. The lowest BCUT2D eigenvalue weighted by atomic mass is 9.90. The van der Waals surface area contributed by atoms with Gasteiger partial charge in [-0.25, -0.2) is 0 Å². The van der Waals surface area contributed by atoms with Crippen molar-refractivity contribution in [1.82, 2.24) is 0 Å². The predicted molar refractivity (Wildman–Crippen MR) is 113 cm³/mol. The Bertz CT molecular complexity index is 954. The van der Waals surface area contributed by atoms with Crippen LogP contribution < -0.4 is 15.0 Å². The Morgan fingerprint density at radius 2 is 1.64 bits per heavy atom. The van der Waals surface area contributed by atoms with E-state index in [0.29, 0.717) is 5.56 Å². The molecule has 0 spiro atoms. The zero-order valence-electron chi connectivity index (χ0n) is 16.1. The highest BCUT2D eigenvalue weighted by atomic mass is 16.5. The second-order valence-electron chi connectivity index (χ2n) is 7.11. The summed E-state index contributed by atoms with van der Waals surface area (Å²) in [5.41, 5.74) is 3.86. The Labute approximate surface area is 165 Å². The van der Waals surface area contributed by atoms with Crippen LogP contribution >= 0.6 is 0 Å². The molecule has 1 amide bonds. The van der Waals surface area contributed by atoms with Crippen molar-refractivity contribution in [2.24, 2.45) is 0 Å².